The zero-order valence-electron chi connectivity index (χ0n) is 10.7. The molecule has 90 valence electrons. The van der Waals surface area contributed by atoms with Crippen LogP contribution in [0.1, 0.15) is 5.56 Å². The molecule has 17 heavy (non-hydrogen) atoms. The minimum atomic E-state index is 0.914. The molecule has 0 spiro atoms. The van der Waals surface area contributed by atoms with Gasteiger partial charge in [-0.25, -0.2) is 4.98 Å². The molecule has 0 aliphatic rings. The number of likely N-dealkylation sites (N-methyl/N-ethyl adjacent to an activating group) is 1. The van der Waals surface area contributed by atoms with E-state index < -0.39 is 0 Å². The molecule has 0 unspecified atom stereocenters. The number of fused-ring (bicyclic) bond motifs is 1. The lowest BCUT2D eigenvalue weighted by Gasteiger charge is -2.12. The fraction of sp³-hybridized carbons (Fsp3) is 0.357. The molecule has 0 fully saturated rings. The largest absolute Gasteiger partial charge is 0.369 e. The van der Waals surface area contributed by atoms with E-state index in [0.29, 0.717) is 0 Å². The first kappa shape index (κ1) is 11.9. The lowest BCUT2D eigenvalue weighted by atomic mass is 10.1. The Hall–Kier alpha value is -1.61. The minimum absolute atomic E-state index is 0.914. The van der Waals surface area contributed by atoms with E-state index in [0.717, 1.165) is 24.4 Å². The van der Waals surface area contributed by atoms with E-state index in [1.54, 1.807) is 0 Å². The third-order valence-electron chi connectivity index (χ3n) is 2.79. The molecule has 0 aliphatic carbocycles. The second-order valence-corrected chi connectivity index (χ2v) is 4.57. The second-order valence-electron chi connectivity index (χ2n) is 4.57. The van der Waals surface area contributed by atoms with Gasteiger partial charge in [0.1, 0.15) is 5.82 Å². The van der Waals surface area contributed by atoms with Crippen molar-refractivity contribution in [1.29, 1.82) is 0 Å². The zero-order chi connectivity index (χ0) is 12.3. The number of benzene rings is 1. The molecule has 0 radical (unpaired) electrons. The van der Waals surface area contributed by atoms with Crippen molar-refractivity contribution in [3.05, 3.63) is 35.9 Å². The van der Waals surface area contributed by atoms with E-state index in [4.69, 9.17) is 0 Å². The maximum absolute atomic E-state index is 4.60. The van der Waals surface area contributed by atoms with Crippen LogP contribution in [0.25, 0.3) is 10.9 Å². The average Bonchev–Trinajstić information content (AvgIpc) is 2.28. The van der Waals surface area contributed by atoms with E-state index in [1.165, 1.54) is 10.9 Å². The van der Waals surface area contributed by atoms with Crippen LogP contribution in [0.5, 0.6) is 0 Å². The molecular weight excluding hydrogens is 210 g/mol. The highest BCUT2D eigenvalue weighted by Crippen LogP contribution is 2.19. The van der Waals surface area contributed by atoms with Crippen LogP contribution in [0.3, 0.4) is 0 Å². The molecule has 3 nitrogen and oxygen atoms in total. The Morgan fingerprint density at radius 2 is 2.00 bits per heavy atom. The summed E-state index contributed by atoms with van der Waals surface area (Å²) < 4.78 is 0. The van der Waals surface area contributed by atoms with Gasteiger partial charge in [0.15, 0.2) is 0 Å². The van der Waals surface area contributed by atoms with E-state index >= 15 is 0 Å². The highest BCUT2D eigenvalue weighted by Gasteiger charge is 2.01. The number of nitrogens with zero attached hydrogens (tertiary/aromatic N) is 2. The second kappa shape index (κ2) is 5.15. The zero-order valence-corrected chi connectivity index (χ0v) is 10.7. The number of hydrogen-bond donors (Lipinski definition) is 1. The first-order valence-corrected chi connectivity index (χ1v) is 5.92. The van der Waals surface area contributed by atoms with Crippen molar-refractivity contribution >= 4 is 16.7 Å². The topological polar surface area (TPSA) is 28.2 Å². The molecule has 2 rings (SSSR count). The molecule has 3 heteroatoms. The van der Waals surface area contributed by atoms with Gasteiger partial charge in [-0.15, -0.1) is 0 Å². The summed E-state index contributed by atoms with van der Waals surface area (Å²) in [6.45, 7) is 4.05. The molecule has 0 bridgehead atoms. The summed E-state index contributed by atoms with van der Waals surface area (Å²) in [5.41, 5.74) is 2.32. The number of aryl methyl sites for hydroxylation is 1. The number of aromatic nitrogens is 1. The van der Waals surface area contributed by atoms with Crippen LogP contribution in [0.2, 0.25) is 0 Å². The summed E-state index contributed by atoms with van der Waals surface area (Å²) in [4.78, 5) is 6.76. The highest BCUT2D eigenvalue weighted by atomic mass is 15.1. The van der Waals surface area contributed by atoms with Gasteiger partial charge in [-0.1, -0.05) is 18.2 Å². The molecule has 0 aliphatic heterocycles. The van der Waals surface area contributed by atoms with Crippen LogP contribution >= 0.6 is 0 Å². The van der Waals surface area contributed by atoms with Gasteiger partial charge in [0.05, 0.1) is 5.52 Å². The third kappa shape index (κ3) is 2.94. The van der Waals surface area contributed by atoms with E-state index in [9.17, 15) is 0 Å². The maximum atomic E-state index is 4.60. The van der Waals surface area contributed by atoms with Crippen molar-refractivity contribution in [2.75, 3.05) is 32.5 Å². The number of para-hydroxylation sites is 1. The van der Waals surface area contributed by atoms with Gasteiger partial charge >= 0.3 is 0 Å². The molecule has 0 amide bonds. The minimum Gasteiger partial charge on any atom is -0.369 e. The molecule has 1 N–H and O–H groups in total. The van der Waals surface area contributed by atoms with E-state index in [-0.39, 0.29) is 0 Å². The fourth-order valence-electron chi connectivity index (χ4n) is 1.85. The molecule has 0 saturated heterocycles. The summed E-state index contributed by atoms with van der Waals surface area (Å²) in [5.74, 6) is 0.961. The van der Waals surface area contributed by atoms with Gasteiger partial charge in [-0.3, -0.25) is 0 Å². The van der Waals surface area contributed by atoms with Gasteiger partial charge in [0.25, 0.3) is 0 Å². The smallest absolute Gasteiger partial charge is 0.126 e. The van der Waals surface area contributed by atoms with Crippen LogP contribution in [-0.2, 0) is 0 Å². The van der Waals surface area contributed by atoms with Crippen molar-refractivity contribution in [1.82, 2.24) is 9.88 Å². The summed E-state index contributed by atoms with van der Waals surface area (Å²) in [6, 6.07) is 10.4. The van der Waals surface area contributed by atoms with Gasteiger partial charge in [0, 0.05) is 18.5 Å². The monoisotopic (exact) mass is 229 g/mol. The van der Waals surface area contributed by atoms with Crippen LogP contribution in [0.15, 0.2) is 30.3 Å². The number of rotatable bonds is 4. The Labute approximate surface area is 102 Å². The Morgan fingerprint density at radius 3 is 2.76 bits per heavy atom. The van der Waals surface area contributed by atoms with Gasteiger partial charge in [0.2, 0.25) is 0 Å². The van der Waals surface area contributed by atoms with Crippen molar-refractivity contribution in [2.24, 2.45) is 0 Å². The third-order valence-corrected chi connectivity index (χ3v) is 2.79. The lowest BCUT2D eigenvalue weighted by molar-refractivity contribution is 0.425. The standard InChI is InChI=1S/C14H19N3/c1-11-10-14(15-8-9-17(2)3)16-13-7-5-4-6-12(11)13/h4-7,10H,8-9H2,1-3H3,(H,15,16). The molecule has 1 aromatic carbocycles. The molecular formula is C14H19N3. The summed E-state index contributed by atoms with van der Waals surface area (Å²) in [5, 5.41) is 4.58. The SMILES string of the molecule is Cc1cc(NCCN(C)C)nc2ccccc12. The normalized spacial score (nSPS) is 11.1. The molecule has 1 heterocycles. The predicted octanol–water partition coefficient (Wildman–Crippen LogP) is 2.52. The van der Waals surface area contributed by atoms with Gasteiger partial charge in [-0.2, -0.15) is 0 Å². The average molecular weight is 229 g/mol. The summed E-state index contributed by atoms with van der Waals surface area (Å²) >= 11 is 0. The number of nitrogens with one attached hydrogen (secondary N) is 1. The number of hydrogen-bond acceptors (Lipinski definition) is 3. The van der Waals surface area contributed by atoms with E-state index in [2.05, 4.69) is 60.5 Å². The van der Waals surface area contributed by atoms with Crippen molar-refractivity contribution in [3.63, 3.8) is 0 Å². The molecule has 0 saturated carbocycles. The Bertz CT molecular complexity index is 506. The quantitative estimate of drug-likeness (QED) is 0.873. The lowest BCUT2D eigenvalue weighted by Crippen LogP contribution is -2.21. The first-order valence-electron chi connectivity index (χ1n) is 5.92. The van der Waals surface area contributed by atoms with Crippen molar-refractivity contribution < 1.29 is 0 Å². The van der Waals surface area contributed by atoms with Crippen molar-refractivity contribution in [2.45, 2.75) is 6.92 Å². The molecule has 2 aromatic rings. The van der Waals surface area contributed by atoms with Crippen LogP contribution in [0, 0.1) is 6.92 Å². The summed E-state index contributed by atoms with van der Waals surface area (Å²) in [6.07, 6.45) is 0. The molecule has 0 atom stereocenters. The Morgan fingerprint density at radius 1 is 1.24 bits per heavy atom. The first-order chi connectivity index (χ1) is 8.16. The predicted molar refractivity (Wildman–Crippen MR) is 73.5 cm³/mol. The van der Waals surface area contributed by atoms with E-state index in [1.807, 2.05) is 6.07 Å². The highest BCUT2D eigenvalue weighted by molar-refractivity contribution is 5.83. The number of pyridine rings is 1. The maximum Gasteiger partial charge on any atom is 0.126 e. The van der Waals surface area contributed by atoms with Gasteiger partial charge in [-0.05, 0) is 38.7 Å². The fourth-order valence-corrected chi connectivity index (χ4v) is 1.85. The van der Waals surface area contributed by atoms with Crippen molar-refractivity contribution in [3.8, 4) is 0 Å². The summed E-state index contributed by atoms with van der Waals surface area (Å²) in [7, 11) is 4.14. The Kier molecular flexibility index (Phi) is 3.59. The van der Waals surface area contributed by atoms with Crippen LogP contribution in [-0.4, -0.2) is 37.1 Å². The van der Waals surface area contributed by atoms with Crippen LogP contribution in [0.4, 0.5) is 5.82 Å². The number of anilines is 1. The van der Waals surface area contributed by atoms with Gasteiger partial charge < -0.3 is 10.2 Å². The van der Waals surface area contributed by atoms with Crippen LogP contribution < -0.4 is 5.32 Å². The molecule has 1 aromatic heterocycles. The Balaban J connectivity index is 2.19.